The summed E-state index contributed by atoms with van der Waals surface area (Å²) in [5.74, 6) is -0.204. The van der Waals surface area contributed by atoms with E-state index in [0.29, 0.717) is 30.0 Å². The zero-order valence-electron chi connectivity index (χ0n) is 29.0. The van der Waals surface area contributed by atoms with Crippen molar-refractivity contribution in [3.05, 3.63) is 126 Å². The molecule has 12 heteroatoms. The van der Waals surface area contributed by atoms with Crippen molar-refractivity contribution in [3.8, 4) is 11.3 Å². The van der Waals surface area contributed by atoms with Crippen LogP contribution in [-0.4, -0.2) is 74.7 Å². The molecule has 2 fully saturated rings. The summed E-state index contributed by atoms with van der Waals surface area (Å²) in [6.07, 6.45) is 6.04. The van der Waals surface area contributed by atoms with Crippen LogP contribution in [0.4, 0.5) is 23.0 Å². The van der Waals surface area contributed by atoms with E-state index >= 15 is 0 Å². The van der Waals surface area contributed by atoms with Gasteiger partial charge in [0.15, 0.2) is 0 Å². The monoisotopic (exact) mass is 695 g/mol. The van der Waals surface area contributed by atoms with Crippen molar-refractivity contribution in [3.63, 3.8) is 0 Å². The summed E-state index contributed by atoms with van der Waals surface area (Å²) < 4.78 is 0. The summed E-state index contributed by atoms with van der Waals surface area (Å²) in [6, 6.07) is 26.9. The van der Waals surface area contributed by atoms with E-state index in [-0.39, 0.29) is 17.7 Å². The molecular formula is C40H41N9O3. The van der Waals surface area contributed by atoms with Gasteiger partial charge in [0.2, 0.25) is 17.8 Å². The van der Waals surface area contributed by atoms with Crippen LogP contribution in [0.3, 0.4) is 0 Å². The second-order valence-electron chi connectivity index (χ2n) is 13.2. The first kappa shape index (κ1) is 34.5. The minimum Gasteiger partial charge on any atom is -0.374 e. The Balaban J connectivity index is 0.884. The van der Waals surface area contributed by atoms with Gasteiger partial charge in [0.05, 0.1) is 5.69 Å². The number of amides is 3. The van der Waals surface area contributed by atoms with Crippen molar-refractivity contribution in [1.82, 2.24) is 30.1 Å². The average Bonchev–Trinajstić information content (AvgIpc) is 3.16. The number of carbonyl (C=O) groups is 3. The third-order valence-electron chi connectivity index (χ3n) is 9.36. The van der Waals surface area contributed by atoms with E-state index in [1.54, 1.807) is 18.6 Å². The number of anilines is 4. The molecule has 2 aromatic heterocycles. The number of nitrogens with one attached hydrogen (secondary N) is 4. The Morgan fingerprint density at radius 3 is 2.38 bits per heavy atom. The molecule has 264 valence electrons. The van der Waals surface area contributed by atoms with Gasteiger partial charge in [0, 0.05) is 92.5 Å². The molecule has 0 spiro atoms. The molecular weight excluding hydrogens is 654 g/mol. The number of pyridine rings is 1. The van der Waals surface area contributed by atoms with Crippen LogP contribution in [0.25, 0.3) is 11.3 Å². The van der Waals surface area contributed by atoms with E-state index in [0.717, 1.165) is 73.0 Å². The molecule has 0 bridgehead atoms. The summed E-state index contributed by atoms with van der Waals surface area (Å²) in [6.45, 7) is 7.41. The zero-order valence-corrected chi connectivity index (χ0v) is 29.0. The van der Waals surface area contributed by atoms with Crippen LogP contribution in [0.2, 0.25) is 0 Å². The number of piperazine rings is 1. The Bertz CT molecular complexity index is 2050. The lowest BCUT2D eigenvalue weighted by atomic mass is 10.1. The predicted molar refractivity (Wildman–Crippen MR) is 201 cm³/mol. The highest BCUT2D eigenvalue weighted by Gasteiger charge is 2.26. The van der Waals surface area contributed by atoms with Crippen LogP contribution in [0, 0.1) is 6.92 Å². The molecule has 1 atom stereocenters. The molecule has 2 aliphatic heterocycles. The number of rotatable bonds is 11. The minimum absolute atomic E-state index is 0.179. The minimum atomic E-state index is -0.395. The fraction of sp³-hybridized carbons (Fsp3) is 0.250. The van der Waals surface area contributed by atoms with Crippen molar-refractivity contribution >= 4 is 40.7 Å². The van der Waals surface area contributed by atoms with Gasteiger partial charge in [-0.15, -0.1) is 0 Å². The fourth-order valence-electron chi connectivity index (χ4n) is 6.43. The number of hydrogen-bond acceptors (Lipinski definition) is 10. The highest BCUT2D eigenvalue weighted by Crippen LogP contribution is 2.25. The van der Waals surface area contributed by atoms with E-state index in [1.165, 1.54) is 5.56 Å². The Labute approximate surface area is 302 Å². The largest absolute Gasteiger partial charge is 0.374 e. The summed E-state index contributed by atoms with van der Waals surface area (Å²) in [4.78, 5) is 54.9. The van der Waals surface area contributed by atoms with Crippen molar-refractivity contribution < 1.29 is 14.4 Å². The van der Waals surface area contributed by atoms with Crippen LogP contribution in [-0.2, 0) is 22.7 Å². The standard InChI is InChI=1S/C40H41N9O3/c1-27-7-12-33(23-36(27)46-40-42-17-15-34(45-40)31-5-3-16-41-24-31)44-38(51)30-10-8-28(9-11-30)25-48-18-20-49(21-19-48)26-29-4-2-6-32(22-29)43-35-13-14-37(50)47-39(35)52/h2-12,15-17,22-24,35,43H,13-14,18-21,25-26H2,1H3,(H,44,51)(H,42,45,46)(H,47,50,52). The second-order valence-corrected chi connectivity index (χ2v) is 13.2. The van der Waals surface area contributed by atoms with Crippen LogP contribution in [0.15, 0.2) is 104 Å². The summed E-state index contributed by atoms with van der Waals surface area (Å²) >= 11 is 0. The van der Waals surface area contributed by atoms with Gasteiger partial charge >= 0.3 is 0 Å². The first-order chi connectivity index (χ1) is 25.3. The molecule has 5 aromatic rings. The number of benzene rings is 3. The fourth-order valence-corrected chi connectivity index (χ4v) is 6.43. The maximum absolute atomic E-state index is 13.2. The Hall–Kier alpha value is -5.98. The highest BCUT2D eigenvalue weighted by molar-refractivity contribution is 6.04. The smallest absolute Gasteiger partial charge is 0.255 e. The van der Waals surface area contributed by atoms with Crippen LogP contribution < -0.4 is 21.3 Å². The van der Waals surface area contributed by atoms with Gasteiger partial charge in [-0.25, -0.2) is 9.97 Å². The molecule has 2 aliphatic rings. The lowest BCUT2D eigenvalue weighted by molar-refractivity contribution is -0.133. The average molecular weight is 696 g/mol. The van der Waals surface area contributed by atoms with Crippen molar-refractivity contribution in [2.45, 2.75) is 38.9 Å². The molecule has 3 amide bonds. The predicted octanol–water partition coefficient (Wildman–Crippen LogP) is 5.38. The molecule has 1 unspecified atom stereocenters. The van der Waals surface area contributed by atoms with Gasteiger partial charge in [0.1, 0.15) is 6.04 Å². The number of imide groups is 1. The normalized spacial score (nSPS) is 16.6. The molecule has 52 heavy (non-hydrogen) atoms. The van der Waals surface area contributed by atoms with E-state index < -0.39 is 6.04 Å². The SMILES string of the molecule is Cc1ccc(NC(=O)c2ccc(CN3CCN(Cc4cccc(NC5CCC(=O)NC5=O)c4)CC3)cc2)cc1Nc1nccc(-c2cccnc2)n1. The third-order valence-corrected chi connectivity index (χ3v) is 9.36. The summed E-state index contributed by atoms with van der Waals surface area (Å²) in [5.41, 5.74) is 7.94. The van der Waals surface area contributed by atoms with Gasteiger partial charge in [-0.2, -0.15) is 0 Å². The quantitative estimate of drug-likeness (QED) is 0.133. The number of piperidine rings is 1. The third kappa shape index (κ3) is 8.84. The molecule has 4 N–H and O–H groups in total. The maximum atomic E-state index is 13.2. The van der Waals surface area contributed by atoms with Crippen molar-refractivity contribution in [2.24, 2.45) is 0 Å². The number of aryl methyl sites for hydroxylation is 1. The van der Waals surface area contributed by atoms with E-state index in [9.17, 15) is 14.4 Å². The Kier molecular flexibility index (Phi) is 10.6. The molecule has 3 aromatic carbocycles. The number of hydrogen-bond donors (Lipinski definition) is 4. The van der Waals surface area contributed by atoms with Crippen molar-refractivity contribution in [2.75, 3.05) is 42.1 Å². The molecule has 12 nitrogen and oxygen atoms in total. The molecule has 0 radical (unpaired) electrons. The van der Waals surface area contributed by atoms with Crippen LogP contribution >= 0.6 is 0 Å². The molecule has 4 heterocycles. The highest BCUT2D eigenvalue weighted by atomic mass is 16.2. The first-order valence-electron chi connectivity index (χ1n) is 17.5. The zero-order chi connectivity index (χ0) is 35.9. The van der Waals surface area contributed by atoms with E-state index in [2.05, 4.69) is 58.2 Å². The lowest BCUT2D eigenvalue weighted by Gasteiger charge is -2.34. The van der Waals surface area contributed by atoms with Gasteiger partial charge in [-0.3, -0.25) is 34.5 Å². The van der Waals surface area contributed by atoms with Gasteiger partial charge in [-0.05, 0) is 84.6 Å². The van der Waals surface area contributed by atoms with Gasteiger partial charge < -0.3 is 16.0 Å². The maximum Gasteiger partial charge on any atom is 0.255 e. The number of carbonyl (C=O) groups excluding carboxylic acids is 3. The van der Waals surface area contributed by atoms with E-state index in [4.69, 9.17) is 0 Å². The van der Waals surface area contributed by atoms with Gasteiger partial charge in [0.25, 0.3) is 5.91 Å². The molecule has 2 saturated heterocycles. The molecule has 7 rings (SSSR count). The molecule has 0 saturated carbocycles. The van der Waals surface area contributed by atoms with Crippen molar-refractivity contribution in [1.29, 1.82) is 0 Å². The molecule has 0 aliphatic carbocycles. The Morgan fingerprint density at radius 1 is 0.846 bits per heavy atom. The Morgan fingerprint density at radius 2 is 1.63 bits per heavy atom. The topological polar surface area (TPSA) is 144 Å². The van der Waals surface area contributed by atoms with Gasteiger partial charge in [-0.1, -0.05) is 30.3 Å². The lowest BCUT2D eigenvalue weighted by Crippen LogP contribution is -2.47. The summed E-state index contributed by atoms with van der Waals surface area (Å²) in [7, 11) is 0. The number of nitrogens with zero attached hydrogens (tertiary/aromatic N) is 5. The van der Waals surface area contributed by atoms with Crippen LogP contribution in [0.5, 0.6) is 0 Å². The summed E-state index contributed by atoms with van der Waals surface area (Å²) in [5, 5.41) is 12.0. The van der Waals surface area contributed by atoms with E-state index in [1.807, 2.05) is 79.7 Å². The number of aromatic nitrogens is 3. The first-order valence-corrected chi connectivity index (χ1v) is 17.5. The second kappa shape index (κ2) is 15.9. The van der Waals surface area contributed by atoms with Crippen LogP contribution in [0.1, 0.15) is 39.9 Å².